The van der Waals surface area contributed by atoms with Crippen LogP contribution in [0.1, 0.15) is 5.56 Å². The van der Waals surface area contributed by atoms with Crippen molar-refractivity contribution in [2.75, 3.05) is 5.73 Å². The fourth-order valence-corrected chi connectivity index (χ4v) is 1.76. The zero-order valence-electron chi connectivity index (χ0n) is 8.77. The van der Waals surface area contributed by atoms with Crippen LogP contribution in [0.2, 0.25) is 0 Å². The van der Waals surface area contributed by atoms with Gasteiger partial charge in [0.2, 0.25) is 5.88 Å². The third-order valence-corrected chi connectivity index (χ3v) is 2.72. The number of hydrogen-bond donors (Lipinski definition) is 1. The summed E-state index contributed by atoms with van der Waals surface area (Å²) in [5.74, 6) is 1.14. The summed E-state index contributed by atoms with van der Waals surface area (Å²) in [5, 5.41) is 0. The predicted octanol–water partition coefficient (Wildman–Crippen LogP) is 3.53. The molecule has 2 rings (SSSR count). The molecule has 0 fully saturated rings. The van der Waals surface area contributed by atoms with Crippen LogP contribution in [0.3, 0.4) is 0 Å². The highest BCUT2D eigenvalue weighted by Gasteiger charge is 2.07. The second kappa shape index (κ2) is 4.53. The lowest BCUT2D eigenvalue weighted by Crippen LogP contribution is -1.94. The molecule has 82 valence electrons. The van der Waals surface area contributed by atoms with Gasteiger partial charge in [-0.25, -0.2) is 4.98 Å². The Morgan fingerprint density at radius 2 is 2.12 bits per heavy atom. The SMILES string of the molecule is Cc1ccnc(Oc2c(N)cccc2Br)c1. The van der Waals surface area contributed by atoms with Gasteiger partial charge in [0.05, 0.1) is 10.2 Å². The van der Waals surface area contributed by atoms with Gasteiger partial charge in [0.15, 0.2) is 5.75 Å². The fraction of sp³-hybridized carbons (Fsp3) is 0.0833. The Kier molecular flexibility index (Phi) is 3.10. The number of rotatable bonds is 2. The number of ether oxygens (including phenoxy) is 1. The van der Waals surface area contributed by atoms with Crippen molar-refractivity contribution < 1.29 is 4.74 Å². The highest BCUT2D eigenvalue weighted by molar-refractivity contribution is 9.10. The van der Waals surface area contributed by atoms with E-state index in [2.05, 4.69) is 20.9 Å². The van der Waals surface area contributed by atoms with Crippen LogP contribution >= 0.6 is 15.9 Å². The van der Waals surface area contributed by atoms with Gasteiger partial charge in [-0.3, -0.25) is 0 Å². The maximum absolute atomic E-state index is 5.82. The molecule has 0 aliphatic heterocycles. The average Bonchev–Trinajstić information content (AvgIpc) is 2.24. The molecule has 2 N–H and O–H groups in total. The van der Waals surface area contributed by atoms with Gasteiger partial charge < -0.3 is 10.5 Å². The van der Waals surface area contributed by atoms with Gasteiger partial charge in [-0.2, -0.15) is 0 Å². The van der Waals surface area contributed by atoms with E-state index in [-0.39, 0.29) is 0 Å². The minimum atomic E-state index is 0.540. The van der Waals surface area contributed by atoms with Crippen molar-refractivity contribution in [2.24, 2.45) is 0 Å². The van der Waals surface area contributed by atoms with E-state index >= 15 is 0 Å². The molecule has 1 aromatic heterocycles. The lowest BCUT2D eigenvalue weighted by atomic mass is 10.3. The smallest absolute Gasteiger partial charge is 0.219 e. The first-order valence-corrected chi connectivity index (χ1v) is 5.60. The minimum absolute atomic E-state index is 0.540. The van der Waals surface area contributed by atoms with Crippen molar-refractivity contribution in [3.05, 3.63) is 46.6 Å². The lowest BCUT2D eigenvalue weighted by molar-refractivity contribution is 0.462. The number of nitrogen functional groups attached to an aromatic ring is 1. The Labute approximate surface area is 102 Å². The number of nitrogens with two attached hydrogens (primary N) is 1. The molecule has 0 radical (unpaired) electrons. The van der Waals surface area contributed by atoms with Crippen LogP contribution in [0, 0.1) is 6.92 Å². The van der Waals surface area contributed by atoms with Crippen LogP contribution in [-0.4, -0.2) is 4.98 Å². The van der Waals surface area contributed by atoms with Gasteiger partial charge in [0, 0.05) is 12.3 Å². The maximum Gasteiger partial charge on any atom is 0.219 e. The molecule has 1 aromatic carbocycles. The Balaban J connectivity index is 2.34. The monoisotopic (exact) mass is 278 g/mol. The van der Waals surface area contributed by atoms with Crippen LogP contribution in [0.4, 0.5) is 5.69 Å². The van der Waals surface area contributed by atoms with Gasteiger partial charge >= 0.3 is 0 Å². The number of aryl methyl sites for hydroxylation is 1. The molecule has 0 spiro atoms. The number of para-hydroxylation sites is 1. The molecule has 0 bridgehead atoms. The molecule has 0 aliphatic rings. The van der Waals surface area contributed by atoms with Gasteiger partial charge in [-0.05, 0) is 46.6 Å². The Morgan fingerprint density at radius 1 is 1.31 bits per heavy atom. The second-order valence-corrected chi connectivity index (χ2v) is 4.29. The summed E-state index contributed by atoms with van der Waals surface area (Å²) in [4.78, 5) is 4.12. The quantitative estimate of drug-likeness (QED) is 0.855. The number of halogens is 1. The van der Waals surface area contributed by atoms with E-state index in [1.54, 1.807) is 12.3 Å². The summed E-state index contributed by atoms with van der Waals surface area (Å²) in [7, 11) is 0. The van der Waals surface area contributed by atoms with E-state index in [4.69, 9.17) is 10.5 Å². The van der Waals surface area contributed by atoms with E-state index in [0.717, 1.165) is 10.0 Å². The van der Waals surface area contributed by atoms with Crippen molar-refractivity contribution in [3.63, 3.8) is 0 Å². The van der Waals surface area contributed by atoms with Crippen LogP contribution < -0.4 is 10.5 Å². The van der Waals surface area contributed by atoms with E-state index < -0.39 is 0 Å². The van der Waals surface area contributed by atoms with Crippen LogP contribution in [0.5, 0.6) is 11.6 Å². The highest BCUT2D eigenvalue weighted by Crippen LogP contribution is 2.34. The van der Waals surface area contributed by atoms with Gasteiger partial charge in [0.1, 0.15) is 0 Å². The number of pyridine rings is 1. The first kappa shape index (κ1) is 11.0. The van der Waals surface area contributed by atoms with Crippen LogP contribution in [0.25, 0.3) is 0 Å². The Morgan fingerprint density at radius 3 is 2.81 bits per heavy atom. The van der Waals surface area contributed by atoms with Crippen molar-refractivity contribution in [2.45, 2.75) is 6.92 Å². The molecule has 0 saturated heterocycles. The standard InChI is InChI=1S/C12H11BrN2O/c1-8-5-6-15-11(7-8)16-12-9(13)3-2-4-10(12)14/h2-7H,14H2,1H3. The maximum atomic E-state index is 5.82. The number of benzene rings is 1. The zero-order valence-corrected chi connectivity index (χ0v) is 10.4. The molecule has 16 heavy (non-hydrogen) atoms. The topological polar surface area (TPSA) is 48.1 Å². The first-order valence-electron chi connectivity index (χ1n) is 4.81. The number of hydrogen-bond acceptors (Lipinski definition) is 3. The summed E-state index contributed by atoms with van der Waals surface area (Å²) in [6, 6.07) is 9.29. The van der Waals surface area contributed by atoms with E-state index in [1.165, 1.54) is 0 Å². The van der Waals surface area contributed by atoms with E-state index in [0.29, 0.717) is 17.3 Å². The lowest BCUT2D eigenvalue weighted by Gasteiger charge is -2.09. The minimum Gasteiger partial charge on any atom is -0.436 e. The Bertz CT molecular complexity index is 494. The largest absolute Gasteiger partial charge is 0.436 e. The summed E-state index contributed by atoms with van der Waals surface area (Å²) >= 11 is 3.39. The number of anilines is 1. The molecule has 0 aliphatic carbocycles. The fourth-order valence-electron chi connectivity index (χ4n) is 1.30. The van der Waals surface area contributed by atoms with Crippen LogP contribution in [0.15, 0.2) is 41.0 Å². The molecule has 0 amide bonds. The number of nitrogens with zero attached hydrogens (tertiary/aromatic N) is 1. The predicted molar refractivity (Wildman–Crippen MR) is 67.6 cm³/mol. The van der Waals surface area contributed by atoms with Crippen molar-refractivity contribution >= 4 is 21.6 Å². The van der Waals surface area contributed by atoms with Crippen molar-refractivity contribution in [1.29, 1.82) is 0 Å². The van der Waals surface area contributed by atoms with Gasteiger partial charge in [-0.1, -0.05) is 6.07 Å². The summed E-state index contributed by atoms with van der Waals surface area (Å²) in [5.41, 5.74) is 7.50. The number of aromatic nitrogens is 1. The molecule has 2 aromatic rings. The summed E-state index contributed by atoms with van der Waals surface area (Å²) in [6.45, 7) is 1.98. The molecule has 3 nitrogen and oxygen atoms in total. The molecule has 1 heterocycles. The van der Waals surface area contributed by atoms with Crippen molar-refractivity contribution in [3.8, 4) is 11.6 Å². The normalized spacial score (nSPS) is 10.1. The third kappa shape index (κ3) is 2.33. The van der Waals surface area contributed by atoms with E-state index in [9.17, 15) is 0 Å². The first-order chi connectivity index (χ1) is 7.66. The van der Waals surface area contributed by atoms with Crippen LogP contribution in [-0.2, 0) is 0 Å². The third-order valence-electron chi connectivity index (χ3n) is 2.09. The molecular weight excluding hydrogens is 268 g/mol. The molecule has 0 unspecified atom stereocenters. The molecular formula is C12H11BrN2O. The summed E-state index contributed by atoms with van der Waals surface area (Å²) in [6.07, 6.45) is 1.71. The summed E-state index contributed by atoms with van der Waals surface area (Å²) < 4.78 is 6.45. The second-order valence-electron chi connectivity index (χ2n) is 3.43. The van der Waals surface area contributed by atoms with Crippen molar-refractivity contribution in [1.82, 2.24) is 4.98 Å². The highest BCUT2D eigenvalue weighted by atomic mass is 79.9. The molecule has 0 atom stereocenters. The zero-order chi connectivity index (χ0) is 11.5. The van der Waals surface area contributed by atoms with E-state index in [1.807, 2.05) is 31.2 Å². The van der Waals surface area contributed by atoms with Gasteiger partial charge in [-0.15, -0.1) is 0 Å². The average molecular weight is 279 g/mol. The Hall–Kier alpha value is -1.55. The molecule has 0 saturated carbocycles. The van der Waals surface area contributed by atoms with Gasteiger partial charge in [0.25, 0.3) is 0 Å². The molecule has 4 heteroatoms.